The summed E-state index contributed by atoms with van der Waals surface area (Å²) >= 11 is 0. The van der Waals surface area contributed by atoms with Crippen LogP contribution < -0.4 is 5.73 Å². The fraction of sp³-hybridized carbons (Fsp3) is 1.00. The number of hydrogen-bond donors (Lipinski definition) is 1. The fourth-order valence-electron chi connectivity index (χ4n) is 0.773. The van der Waals surface area contributed by atoms with Crippen molar-refractivity contribution in [1.29, 1.82) is 0 Å². The maximum Gasteiger partial charge on any atom is 0.0644 e. The molecule has 0 amide bonds. The van der Waals surface area contributed by atoms with Crippen LogP contribution in [0.25, 0.3) is 0 Å². The molecule has 3 heteroatoms. The van der Waals surface area contributed by atoms with Gasteiger partial charge in [-0.15, -0.1) is 0 Å². The van der Waals surface area contributed by atoms with Crippen molar-refractivity contribution in [3.05, 3.63) is 0 Å². The SMILES string of the molecule is COC(C)(C)CCOCC(C)CN. The normalized spacial score (nSPS) is 14.5. The van der Waals surface area contributed by atoms with Crippen molar-refractivity contribution < 1.29 is 9.47 Å². The second-order valence-electron chi connectivity index (χ2n) is 4.13. The lowest BCUT2D eigenvalue weighted by atomic mass is 10.1. The van der Waals surface area contributed by atoms with E-state index in [1.165, 1.54) is 0 Å². The molecule has 80 valence electrons. The summed E-state index contributed by atoms with van der Waals surface area (Å²) in [6, 6.07) is 0. The van der Waals surface area contributed by atoms with E-state index in [-0.39, 0.29) is 5.60 Å². The number of ether oxygens (including phenoxy) is 2. The van der Waals surface area contributed by atoms with E-state index in [1.54, 1.807) is 7.11 Å². The molecule has 0 heterocycles. The zero-order chi connectivity index (χ0) is 10.3. The quantitative estimate of drug-likeness (QED) is 0.616. The summed E-state index contributed by atoms with van der Waals surface area (Å²) in [5.41, 5.74) is 5.38. The number of nitrogens with two attached hydrogens (primary N) is 1. The maximum atomic E-state index is 5.46. The van der Waals surface area contributed by atoms with Gasteiger partial charge in [0.05, 0.1) is 12.2 Å². The van der Waals surface area contributed by atoms with Crippen LogP contribution in [0.4, 0.5) is 0 Å². The molecule has 2 N–H and O–H groups in total. The highest BCUT2D eigenvalue weighted by Gasteiger charge is 2.15. The highest BCUT2D eigenvalue weighted by atomic mass is 16.5. The molecule has 0 rings (SSSR count). The van der Waals surface area contributed by atoms with Crippen LogP contribution >= 0.6 is 0 Å². The Kier molecular flexibility index (Phi) is 6.29. The van der Waals surface area contributed by atoms with Crippen molar-refractivity contribution in [2.45, 2.75) is 32.8 Å². The summed E-state index contributed by atoms with van der Waals surface area (Å²) in [6.45, 7) is 8.38. The van der Waals surface area contributed by atoms with Gasteiger partial charge in [-0.1, -0.05) is 6.92 Å². The Morgan fingerprint density at radius 1 is 1.38 bits per heavy atom. The molecule has 0 fully saturated rings. The third-order valence-electron chi connectivity index (χ3n) is 2.21. The minimum atomic E-state index is -0.0774. The molecule has 0 aromatic carbocycles. The maximum absolute atomic E-state index is 5.46. The predicted octanol–water partition coefficient (Wildman–Crippen LogP) is 1.41. The smallest absolute Gasteiger partial charge is 0.0644 e. The van der Waals surface area contributed by atoms with Gasteiger partial charge in [0, 0.05) is 13.7 Å². The largest absolute Gasteiger partial charge is 0.381 e. The van der Waals surface area contributed by atoms with Crippen LogP contribution in [0.1, 0.15) is 27.2 Å². The van der Waals surface area contributed by atoms with E-state index in [1.807, 2.05) is 0 Å². The Bertz CT molecular complexity index is 126. The zero-order valence-electron chi connectivity index (χ0n) is 9.30. The van der Waals surface area contributed by atoms with Crippen LogP contribution in [0.3, 0.4) is 0 Å². The summed E-state index contributed by atoms with van der Waals surface area (Å²) in [5, 5.41) is 0. The van der Waals surface area contributed by atoms with Crippen molar-refractivity contribution in [2.24, 2.45) is 11.7 Å². The van der Waals surface area contributed by atoms with Crippen molar-refractivity contribution in [1.82, 2.24) is 0 Å². The van der Waals surface area contributed by atoms with E-state index in [2.05, 4.69) is 20.8 Å². The van der Waals surface area contributed by atoms with Crippen molar-refractivity contribution in [3.63, 3.8) is 0 Å². The van der Waals surface area contributed by atoms with Gasteiger partial charge in [0.1, 0.15) is 0 Å². The van der Waals surface area contributed by atoms with Crippen LogP contribution in [0.5, 0.6) is 0 Å². The average molecular weight is 189 g/mol. The van der Waals surface area contributed by atoms with Gasteiger partial charge < -0.3 is 15.2 Å². The van der Waals surface area contributed by atoms with Crippen LogP contribution in [0, 0.1) is 5.92 Å². The molecule has 0 saturated carbocycles. The first-order chi connectivity index (χ1) is 6.02. The fourth-order valence-corrected chi connectivity index (χ4v) is 0.773. The van der Waals surface area contributed by atoms with Crippen molar-refractivity contribution >= 4 is 0 Å². The highest BCUT2D eigenvalue weighted by Crippen LogP contribution is 2.12. The van der Waals surface area contributed by atoms with E-state index in [4.69, 9.17) is 15.2 Å². The Hall–Kier alpha value is -0.120. The first-order valence-electron chi connectivity index (χ1n) is 4.85. The molecular formula is C10H23NO2. The molecule has 3 nitrogen and oxygen atoms in total. The van der Waals surface area contributed by atoms with Crippen LogP contribution in [-0.4, -0.2) is 32.5 Å². The summed E-state index contributed by atoms with van der Waals surface area (Å²) in [6.07, 6.45) is 0.917. The molecule has 1 atom stereocenters. The standard InChI is InChI=1S/C10H23NO2/c1-9(7-11)8-13-6-5-10(2,3)12-4/h9H,5-8,11H2,1-4H3. The molecule has 0 aromatic rings. The molecule has 0 aliphatic rings. The van der Waals surface area contributed by atoms with Gasteiger partial charge in [-0.2, -0.15) is 0 Å². The number of rotatable bonds is 7. The first-order valence-corrected chi connectivity index (χ1v) is 4.85. The third-order valence-corrected chi connectivity index (χ3v) is 2.21. The lowest BCUT2D eigenvalue weighted by molar-refractivity contribution is -0.0132. The molecule has 1 unspecified atom stereocenters. The Balaban J connectivity index is 3.35. The average Bonchev–Trinajstić information content (AvgIpc) is 2.12. The zero-order valence-corrected chi connectivity index (χ0v) is 9.30. The van der Waals surface area contributed by atoms with Crippen LogP contribution in [0.2, 0.25) is 0 Å². The van der Waals surface area contributed by atoms with Gasteiger partial charge in [-0.25, -0.2) is 0 Å². The van der Waals surface area contributed by atoms with Crippen LogP contribution in [0.15, 0.2) is 0 Å². The predicted molar refractivity (Wildman–Crippen MR) is 54.7 cm³/mol. The highest BCUT2D eigenvalue weighted by molar-refractivity contribution is 4.66. The summed E-state index contributed by atoms with van der Waals surface area (Å²) < 4.78 is 10.7. The van der Waals surface area contributed by atoms with Gasteiger partial charge in [-0.3, -0.25) is 0 Å². The summed E-state index contributed by atoms with van der Waals surface area (Å²) in [5.74, 6) is 0.450. The number of methoxy groups -OCH3 is 1. The van der Waals surface area contributed by atoms with Gasteiger partial charge in [-0.05, 0) is 32.7 Å². The molecule has 0 spiro atoms. The van der Waals surface area contributed by atoms with Crippen LogP contribution in [-0.2, 0) is 9.47 Å². The second-order valence-corrected chi connectivity index (χ2v) is 4.13. The van der Waals surface area contributed by atoms with E-state index in [0.717, 1.165) is 19.6 Å². The monoisotopic (exact) mass is 189 g/mol. The van der Waals surface area contributed by atoms with E-state index < -0.39 is 0 Å². The molecule has 0 bridgehead atoms. The number of hydrogen-bond acceptors (Lipinski definition) is 3. The van der Waals surface area contributed by atoms with Gasteiger partial charge in [0.15, 0.2) is 0 Å². The van der Waals surface area contributed by atoms with E-state index in [0.29, 0.717) is 12.5 Å². The Morgan fingerprint density at radius 2 is 2.00 bits per heavy atom. The summed E-state index contributed by atoms with van der Waals surface area (Å²) in [7, 11) is 1.72. The Labute approximate surface area is 81.6 Å². The minimum absolute atomic E-state index is 0.0774. The topological polar surface area (TPSA) is 44.5 Å². The van der Waals surface area contributed by atoms with Crippen molar-refractivity contribution in [2.75, 3.05) is 26.9 Å². The molecule has 0 saturated heterocycles. The lowest BCUT2D eigenvalue weighted by Crippen LogP contribution is -2.25. The second kappa shape index (κ2) is 6.35. The third kappa shape index (κ3) is 6.99. The molecule has 0 aliphatic heterocycles. The molecule has 0 aromatic heterocycles. The Morgan fingerprint density at radius 3 is 2.46 bits per heavy atom. The minimum Gasteiger partial charge on any atom is -0.381 e. The van der Waals surface area contributed by atoms with Gasteiger partial charge in [0.25, 0.3) is 0 Å². The van der Waals surface area contributed by atoms with Gasteiger partial charge in [0.2, 0.25) is 0 Å². The van der Waals surface area contributed by atoms with Gasteiger partial charge >= 0.3 is 0 Å². The van der Waals surface area contributed by atoms with Crippen molar-refractivity contribution in [3.8, 4) is 0 Å². The molecule has 0 aliphatic carbocycles. The molecule has 13 heavy (non-hydrogen) atoms. The first kappa shape index (κ1) is 12.9. The van der Waals surface area contributed by atoms with E-state index >= 15 is 0 Å². The molecule has 0 radical (unpaired) electrons. The lowest BCUT2D eigenvalue weighted by Gasteiger charge is -2.22. The molecular weight excluding hydrogens is 166 g/mol. The van der Waals surface area contributed by atoms with E-state index in [9.17, 15) is 0 Å². The summed E-state index contributed by atoms with van der Waals surface area (Å²) in [4.78, 5) is 0.